The first-order valence-corrected chi connectivity index (χ1v) is 13.5. The number of sulfone groups is 1. The maximum atomic E-state index is 12.8. The number of aryl methyl sites for hydroxylation is 1. The van der Waals surface area contributed by atoms with Crippen LogP contribution < -0.4 is 9.47 Å². The van der Waals surface area contributed by atoms with E-state index in [2.05, 4.69) is 15.9 Å². The van der Waals surface area contributed by atoms with Crippen molar-refractivity contribution in [1.29, 1.82) is 0 Å². The number of aliphatic hydroxyl groups is 2. The molecule has 0 aliphatic carbocycles. The smallest absolute Gasteiger partial charge is 0.206 e. The van der Waals surface area contributed by atoms with E-state index in [1.165, 1.54) is 12.1 Å². The first kappa shape index (κ1) is 25.3. The molecule has 0 amide bonds. The van der Waals surface area contributed by atoms with Gasteiger partial charge in [0.15, 0.2) is 0 Å². The van der Waals surface area contributed by atoms with Crippen molar-refractivity contribution in [2.45, 2.75) is 47.1 Å². The Morgan fingerprint density at radius 3 is 2.31 bits per heavy atom. The molecule has 0 saturated carbocycles. The summed E-state index contributed by atoms with van der Waals surface area (Å²) in [5.74, 6) is 1.57. The highest BCUT2D eigenvalue weighted by Crippen LogP contribution is 2.44. The van der Waals surface area contributed by atoms with Crippen molar-refractivity contribution in [3.05, 3.63) is 89.5 Å². The van der Waals surface area contributed by atoms with Crippen LogP contribution in [0.15, 0.2) is 82.6 Å². The van der Waals surface area contributed by atoms with Crippen molar-refractivity contribution < 1.29 is 28.1 Å². The quantitative estimate of drug-likeness (QED) is 0.387. The third kappa shape index (κ3) is 5.10. The summed E-state index contributed by atoms with van der Waals surface area (Å²) >= 11 is 3.45. The minimum atomic E-state index is -3.64. The minimum Gasteiger partial charge on any atom is -0.507 e. The lowest BCUT2D eigenvalue weighted by Crippen LogP contribution is -2.45. The van der Waals surface area contributed by atoms with Crippen LogP contribution in [0, 0.1) is 6.92 Å². The van der Waals surface area contributed by atoms with E-state index in [9.17, 15) is 18.6 Å². The summed E-state index contributed by atoms with van der Waals surface area (Å²) in [7, 11) is -3.64. The van der Waals surface area contributed by atoms with Crippen molar-refractivity contribution in [3.8, 4) is 11.5 Å². The molecule has 3 aromatic rings. The fraction of sp³-hybridized carbons (Fsp3) is 0.259. The molecule has 2 heterocycles. The zero-order chi connectivity index (χ0) is 25.4. The predicted molar refractivity (Wildman–Crippen MR) is 138 cm³/mol. The van der Waals surface area contributed by atoms with Gasteiger partial charge in [0.05, 0.1) is 26.3 Å². The molecule has 0 spiro atoms. The van der Waals surface area contributed by atoms with Crippen LogP contribution in [0.2, 0.25) is 0 Å². The van der Waals surface area contributed by atoms with Gasteiger partial charge in [0.2, 0.25) is 9.84 Å². The predicted octanol–water partition coefficient (Wildman–Crippen LogP) is 5.77. The van der Waals surface area contributed by atoms with Crippen molar-refractivity contribution >= 4 is 31.5 Å². The van der Waals surface area contributed by atoms with Crippen LogP contribution in [0.3, 0.4) is 0 Å². The Bertz CT molecular complexity index is 1360. The van der Waals surface area contributed by atoms with Crippen LogP contribution in [0.1, 0.15) is 36.6 Å². The van der Waals surface area contributed by atoms with Gasteiger partial charge in [-0.3, -0.25) is 0 Å². The normalized spacial score (nSPS) is 20.1. The van der Waals surface area contributed by atoms with Crippen molar-refractivity contribution in [2.75, 3.05) is 6.61 Å². The number of hydrogen-bond donors (Lipinski definition) is 2. The van der Waals surface area contributed by atoms with E-state index in [1.807, 2.05) is 45.0 Å². The van der Waals surface area contributed by atoms with Gasteiger partial charge in [-0.05, 0) is 69.3 Å². The van der Waals surface area contributed by atoms with Gasteiger partial charge in [0, 0.05) is 5.56 Å². The molecule has 0 aromatic heterocycles. The number of aliphatic hydroxyl groups excluding tert-OH is 2. The first-order chi connectivity index (χ1) is 16.5. The molecule has 2 N–H and O–H groups in total. The molecule has 0 bridgehead atoms. The maximum Gasteiger partial charge on any atom is 0.206 e. The average molecular weight is 559 g/mol. The summed E-state index contributed by atoms with van der Waals surface area (Å²) in [6.07, 6.45) is 0.805. The van der Waals surface area contributed by atoms with E-state index in [4.69, 9.17) is 9.47 Å². The molecule has 0 fully saturated rings. The fourth-order valence-electron chi connectivity index (χ4n) is 3.87. The van der Waals surface area contributed by atoms with Gasteiger partial charge in [0.1, 0.15) is 29.5 Å². The topological polar surface area (TPSA) is 93.1 Å². The minimum absolute atomic E-state index is 0.146. The van der Waals surface area contributed by atoms with Gasteiger partial charge in [0.25, 0.3) is 0 Å². The molecule has 8 heteroatoms. The van der Waals surface area contributed by atoms with Gasteiger partial charge < -0.3 is 19.7 Å². The Morgan fingerprint density at radius 2 is 1.63 bits per heavy atom. The average Bonchev–Trinajstić information content (AvgIpc) is 2.83. The van der Waals surface area contributed by atoms with E-state index in [1.54, 1.807) is 36.4 Å². The number of halogens is 1. The molecular formula is C27H27BrO6S. The molecule has 0 radical (unpaired) electrons. The van der Waals surface area contributed by atoms with Crippen LogP contribution in [-0.4, -0.2) is 35.7 Å². The lowest BCUT2D eigenvalue weighted by Gasteiger charge is -2.40. The number of ether oxygens (including phenoxy) is 2. The van der Waals surface area contributed by atoms with E-state index >= 15 is 0 Å². The molecule has 2 atom stereocenters. The van der Waals surface area contributed by atoms with Crippen LogP contribution in [0.5, 0.6) is 11.5 Å². The highest BCUT2D eigenvalue weighted by Gasteiger charge is 2.42. The first-order valence-electron chi connectivity index (χ1n) is 11.1. The molecule has 2 aliphatic rings. The summed E-state index contributed by atoms with van der Waals surface area (Å²) in [6.45, 7) is 6.11. The second-order valence-corrected chi connectivity index (χ2v) is 11.9. The molecule has 35 heavy (non-hydrogen) atoms. The lowest BCUT2D eigenvalue weighted by molar-refractivity contribution is 0.0223. The van der Waals surface area contributed by atoms with Gasteiger partial charge >= 0.3 is 0 Å². The monoisotopic (exact) mass is 558 g/mol. The van der Waals surface area contributed by atoms with Crippen molar-refractivity contribution in [3.63, 3.8) is 0 Å². The fourth-order valence-corrected chi connectivity index (χ4v) is 5.55. The molecular weight excluding hydrogens is 532 g/mol. The largest absolute Gasteiger partial charge is 0.507 e. The Morgan fingerprint density at radius 1 is 0.971 bits per heavy atom. The van der Waals surface area contributed by atoms with E-state index in [-0.39, 0.29) is 14.6 Å². The van der Waals surface area contributed by atoms with Gasteiger partial charge in [-0.15, -0.1) is 0 Å². The van der Waals surface area contributed by atoms with Crippen LogP contribution in [-0.2, 0) is 9.84 Å². The highest BCUT2D eigenvalue weighted by molar-refractivity contribution is 9.09. The van der Waals surface area contributed by atoms with Gasteiger partial charge in [-0.25, -0.2) is 8.42 Å². The molecule has 2 unspecified atom stereocenters. The van der Waals surface area contributed by atoms with Crippen molar-refractivity contribution in [1.82, 2.24) is 0 Å². The summed E-state index contributed by atoms with van der Waals surface area (Å²) in [5.41, 5.74) is 1.65. The number of fused-ring (bicyclic) bond motifs is 2. The zero-order valence-corrected chi connectivity index (χ0v) is 22.0. The Labute approximate surface area is 213 Å². The zero-order valence-electron chi connectivity index (χ0n) is 19.6. The Kier molecular flexibility index (Phi) is 6.99. The SMILES string of the molecule is Cc1ccc(S(=O)(=O)c2ccc3c(c2)C(O)C(Br)C(C)(C)O3)cc1.OC1=CCOc2ccccc21. The molecule has 2 aliphatic heterocycles. The molecule has 3 aromatic carbocycles. The van der Waals surface area contributed by atoms with Crippen LogP contribution >= 0.6 is 15.9 Å². The Balaban J connectivity index is 0.000000218. The van der Waals surface area contributed by atoms with Gasteiger partial charge in [-0.2, -0.15) is 0 Å². The third-order valence-electron chi connectivity index (χ3n) is 5.93. The maximum absolute atomic E-state index is 12.8. The second kappa shape index (κ2) is 9.68. The van der Waals surface area contributed by atoms with Gasteiger partial charge in [-0.1, -0.05) is 45.8 Å². The van der Waals surface area contributed by atoms with Crippen molar-refractivity contribution in [2.24, 2.45) is 0 Å². The molecule has 184 valence electrons. The summed E-state index contributed by atoms with van der Waals surface area (Å²) in [4.78, 5) is 0.0389. The van der Waals surface area contributed by atoms with E-state index in [0.717, 1.165) is 16.9 Å². The van der Waals surface area contributed by atoms with E-state index < -0.39 is 21.5 Å². The summed E-state index contributed by atoms with van der Waals surface area (Å²) < 4.78 is 36.8. The van der Waals surface area contributed by atoms with Crippen LogP contribution in [0.4, 0.5) is 0 Å². The molecule has 0 saturated heterocycles. The number of rotatable bonds is 2. The number of benzene rings is 3. The summed E-state index contributed by atoms with van der Waals surface area (Å²) in [5, 5.41) is 19.9. The second-order valence-electron chi connectivity index (χ2n) is 8.96. The van der Waals surface area contributed by atoms with E-state index in [0.29, 0.717) is 23.7 Å². The van der Waals surface area contributed by atoms with Crippen LogP contribution in [0.25, 0.3) is 5.76 Å². The molecule has 6 nitrogen and oxygen atoms in total. The summed E-state index contributed by atoms with van der Waals surface area (Å²) in [6, 6.07) is 18.8. The molecule has 5 rings (SSSR count). The third-order valence-corrected chi connectivity index (χ3v) is 9.31. The Hall–Kier alpha value is -2.81. The number of para-hydroxylation sites is 1. The lowest BCUT2D eigenvalue weighted by atomic mass is 9.91. The standard InChI is InChI=1S/C18H19BrO4S.C9H8O2/c1-11-4-6-12(7-5-11)24(21,22)13-8-9-15-14(10-13)16(20)17(19)18(2,3)23-15;10-8-5-6-11-9-4-2-1-3-7(8)9/h4-10,16-17,20H,1-3H3;1-5,10H,6H2. The number of hydrogen-bond acceptors (Lipinski definition) is 6. The number of alkyl halides is 1. The highest BCUT2D eigenvalue weighted by atomic mass is 79.9.